The van der Waals surface area contributed by atoms with Gasteiger partial charge >= 0.3 is 5.97 Å². The molecule has 0 aliphatic carbocycles. The summed E-state index contributed by atoms with van der Waals surface area (Å²) in [5, 5.41) is 4.13. The predicted octanol–water partition coefficient (Wildman–Crippen LogP) is 3.92. The van der Waals surface area contributed by atoms with E-state index in [9.17, 15) is 9.59 Å². The van der Waals surface area contributed by atoms with Crippen molar-refractivity contribution in [3.8, 4) is 17.1 Å². The lowest BCUT2D eigenvalue weighted by molar-refractivity contribution is -0.123. The van der Waals surface area contributed by atoms with Gasteiger partial charge in [0.05, 0.1) is 23.9 Å². The second-order valence-electron chi connectivity index (χ2n) is 5.78. The molecule has 0 atom stereocenters. The van der Waals surface area contributed by atoms with Gasteiger partial charge in [-0.05, 0) is 42.5 Å². The molecule has 0 aliphatic rings. The Morgan fingerprint density at radius 3 is 2.69 bits per heavy atom. The summed E-state index contributed by atoms with van der Waals surface area (Å²) in [6, 6.07) is 17.3. The normalized spacial score (nSPS) is 10.7. The number of carbonyl (C=O) groups excluding carboxylic acids is 2. The Morgan fingerprint density at radius 2 is 1.93 bits per heavy atom. The molecule has 29 heavy (non-hydrogen) atoms. The first kappa shape index (κ1) is 20.2. The standard InChI is InChI=1S/C21H17ClN2O5/c1-27-21(26)17-11-14(7-9-18(17)22)19-10-8-16(29-19)12-23-24-20(25)13-28-15-5-3-2-4-6-15/h2-12H,13H2,1H3,(H,24,25)/b23-12-. The van der Waals surface area contributed by atoms with E-state index in [1.807, 2.05) is 18.2 Å². The van der Waals surface area contributed by atoms with Crippen molar-refractivity contribution in [2.24, 2.45) is 5.10 Å². The van der Waals surface area contributed by atoms with E-state index < -0.39 is 11.9 Å². The highest BCUT2D eigenvalue weighted by atomic mass is 35.5. The number of hydrogen-bond donors (Lipinski definition) is 1. The second kappa shape index (κ2) is 9.57. The zero-order chi connectivity index (χ0) is 20.6. The lowest BCUT2D eigenvalue weighted by Crippen LogP contribution is -2.24. The molecule has 0 radical (unpaired) electrons. The van der Waals surface area contributed by atoms with Gasteiger partial charge in [0.15, 0.2) is 6.61 Å². The first-order chi connectivity index (χ1) is 14.1. The van der Waals surface area contributed by atoms with Gasteiger partial charge in [0.1, 0.15) is 17.3 Å². The molecule has 7 nitrogen and oxygen atoms in total. The maximum absolute atomic E-state index is 11.8. The van der Waals surface area contributed by atoms with Crippen molar-refractivity contribution in [1.29, 1.82) is 0 Å². The van der Waals surface area contributed by atoms with E-state index in [1.165, 1.54) is 13.3 Å². The van der Waals surface area contributed by atoms with Crippen molar-refractivity contribution in [3.05, 3.63) is 77.0 Å². The third-order valence-corrected chi connectivity index (χ3v) is 4.11. The summed E-state index contributed by atoms with van der Waals surface area (Å²) in [6.45, 7) is -0.161. The Hall–Kier alpha value is -3.58. The van der Waals surface area contributed by atoms with Crippen LogP contribution in [0.1, 0.15) is 16.1 Å². The summed E-state index contributed by atoms with van der Waals surface area (Å²) in [5.74, 6) is 0.574. The zero-order valence-electron chi connectivity index (χ0n) is 15.4. The Labute approximate surface area is 171 Å². The van der Waals surface area contributed by atoms with Gasteiger partial charge in [0.25, 0.3) is 5.91 Å². The summed E-state index contributed by atoms with van der Waals surface area (Å²) in [5.41, 5.74) is 3.24. The molecule has 0 aliphatic heterocycles. The van der Waals surface area contributed by atoms with Crippen LogP contribution in [0.3, 0.4) is 0 Å². The molecule has 0 saturated heterocycles. The van der Waals surface area contributed by atoms with Crippen molar-refractivity contribution in [1.82, 2.24) is 5.43 Å². The number of hydrazone groups is 1. The van der Waals surface area contributed by atoms with Gasteiger partial charge in [0, 0.05) is 5.56 Å². The summed E-state index contributed by atoms with van der Waals surface area (Å²) in [7, 11) is 1.28. The third-order valence-electron chi connectivity index (χ3n) is 3.78. The van der Waals surface area contributed by atoms with Gasteiger partial charge in [-0.3, -0.25) is 4.79 Å². The first-order valence-corrected chi connectivity index (χ1v) is 8.92. The van der Waals surface area contributed by atoms with Gasteiger partial charge in [-0.25, -0.2) is 10.2 Å². The number of methoxy groups -OCH3 is 1. The molecule has 3 aromatic rings. The molecule has 0 bridgehead atoms. The summed E-state index contributed by atoms with van der Waals surface area (Å²) in [6.07, 6.45) is 1.36. The molecule has 1 aromatic heterocycles. The highest BCUT2D eigenvalue weighted by molar-refractivity contribution is 6.33. The molecular weight excluding hydrogens is 396 g/mol. The van der Waals surface area contributed by atoms with Crippen molar-refractivity contribution in [2.45, 2.75) is 0 Å². The fraction of sp³-hybridized carbons (Fsp3) is 0.0952. The van der Waals surface area contributed by atoms with Gasteiger partial charge in [0.2, 0.25) is 0 Å². The number of nitrogens with zero attached hydrogens (tertiary/aromatic N) is 1. The molecule has 8 heteroatoms. The maximum Gasteiger partial charge on any atom is 0.339 e. The van der Waals surface area contributed by atoms with Crippen molar-refractivity contribution >= 4 is 29.7 Å². The number of hydrogen-bond acceptors (Lipinski definition) is 6. The van der Waals surface area contributed by atoms with Gasteiger partial charge in [-0.15, -0.1) is 0 Å². The molecule has 2 aromatic carbocycles. The van der Waals surface area contributed by atoms with E-state index in [2.05, 4.69) is 10.5 Å². The Balaban J connectivity index is 1.59. The molecule has 0 fully saturated rings. The molecule has 0 spiro atoms. The van der Waals surface area contributed by atoms with Crippen LogP contribution in [0.25, 0.3) is 11.3 Å². The van der Waals surface area contributed by atoms with Crippen LogP contribution < -0.4 is 10.2 Å². The van der Waals surface area contributed by atoms with Crippen molar-refractivity contribution in [2.75, 3.05) is 13.7 Å². The molecular formula is C21H17ClN2O5. The Bertz CT molecular complexity index is 1030. The summed E-state index contributed by atoms with van der Waals surface area (Å²) < 4.78 is 15.7. The molecule has 0 saturated carbocycles. The van der Waals surface area contributed by atoms with Gasteiger partial charge in [-0.2, -0.15) is 5.10 Å². The molecule has 1 N–H and O–H groups in total. The Kier molecular flexibility index (Phi) is 6.65. The molecule has 1 heterocycles. The van der Waals surface area contributed by atoms with E-state index in [1.54, 1.807) is 42.5 Å². The average molecular weight is 413 g/mol. The van der Waals surface area contributed by atoms with Crippen LogP contribution in [-0.2, 0) is 9.53 Å². The SMILES string of the molecule is COC(=O)c1cc(-c2ccc(/C=N\NC(=O)COc3ccccc3)o2)ccc1Cl. The number of para-hydroxylation sites is 1. The van der Waals surface area contributed by atoms with Crippen LogP contribution in [0.4, 0.5) is 0 Å². The van der Waals surface area contributed by atoms with Crippen LogP contribution in [0.15, 0.2) is 70.2 Å². The van der Waals surface area contributed by atoms with Crippen molar-refractivity contribution in [3.63, 3.8) is 0 Å². The van der Waals surface area contributed by atoms with Crippen LogP contribution in [-0.4, -0.2) is 31.8 Å². The van der Waals surface area contributed by atoms with E-state index in [4.69, 9.17) is 25.5 Å². The van der Waals surface area contributed by atoms with Crippen LogP contribution in [0.2, 0.25) is 5.02 Å². The van der Waals surface area contributed by atoms with Crippen LogP contribution >= 0.6 is 11.6 Å². The highest BCUT2D eigenvalue weighted by Crippen LogP contribution is 2.27. The molecule has 1 amide bonds. The quantitative estimate of drug-likeness (QED) is 0.361. The fourth-order valence-electron chi connectivity index (χ4n) is 2.39. The number of amides is 1. The number of ether oxygens (including phenoxy) is 2. The van der Waals surface area contributed by atoms with E-state index in [-0.39, 0.29) is 17.2 Å². The number of carbonyl (C=O) groups is 2. The largest absolute Gasteiger partial charge is 0.484 e. The predicted molar refractivity (Wildman–Crippen MR) is 108 cm³/mol. The second-order valence-corrected chi connectivity index (χ2v) is 6.19. The maximum atomic E-state index is 11.8. The Morgan fingerprint density at radius 1 is 1.14 bits per heavy atom. The third kappa shape index (κ3) is 5.46. The number of furan rings is 1. The number of nitrogens with one attached hydrogen (secondary N) is 1. The number of halogens is 1. The highest BCUT2D eigenvalue weighted by Gasteiger charge is 2.13. The monoisotopic (exact) mass is 412 g/mol. The topological polar surface area (TPSA) is 90.1 Å². The van der Waals surface area contributed by atoms with Crippen molar-refractivity contribution < 1.29 is 23.5 Å². The van der Waals surface area contributed by atoms with Gasteiger partial charge in [-0.1, -0.05) is 29.8 Å². The summed E-state index contributed by atoms with van der Waals surface area (Å²) in [4.78, 5) is 23.5. The lowest BCUT2D eigenvalue weighted by Gasteiger charge is -2.04. The van der Waals surface area contributed by atoms with Crippen LogP contribution in [0.5, 0.6) is 5.75 Å². The first-order valence-electron chi connectivity index (χ1n) is 8.54. The summed E-state index contributed by atoms with van der Waals surface area (Å²) >= 11 is 6.02. The minimum atomic E-state index is -0.536. The number of esters is 1. The molecule has 0 unspecified atom stereocenters. The van der Waals surface area contributed by atoms with E-state index in [0.29, 0.717) is 22.8 Å². The van der Waals surface area contributed by atoms with E-state index in [0.717, 1.165) is 0 Å². The van der Waals surface area contributed by atoms with Crippen LogP contribution in [0, 0.1) is 0 Å². The minimum absolute atomic E-state index is 0.161. The van der Waals surface area contributed by atoms with Gasteiger partial charge < -0.3 is 13.9 Å². The zero-order valence-corrected chi connectivity index (χ0v) is 16.2. The molecule has 148 valence electrons. The number of rotatable bonds is 7. The number of benzene rings is 2. The smallest absolute Gasteiger partial charge is 0.339 e. The lowest BCUT2D eigenvalue weighted by atomic mass is 10.1. The average Bonchev–Trinajstić information content (AvgIpc) is 3.21. The minimum Gasteiger partial charge on any atom is -0.484 e. The molecule has 3 rings (SSSR count). The van der Waals surface area contributed by atoms with E-state index >= 15 is 0 Å². The fourth-order valence-corrected chi connectivity index (χ4v) is 2.58.